The van der Waals surface area contributed by atoms with Crippen molar-refractivity contribution in [2.75, 3.05) is 26.7 Å². The molecule has 0 aromatic heterocycles. The van der Waals surface area contributed by atoms with Crippen molar-refractivity contribution in [3.05, 3.63) is 29.8 Å². The Morgan fingerprint density at radius 1 is 1.50 bits per heavy atom. The number of rotatable bonds is 4. The summed E-state index contributed by atoms with van der Waals surface area (Å²) in [7, 11) is 1.71. The fourth-order valence-electron chi connectivity index (χ4n) is 2.85. The summed E-state index contributed by atoms with van der Waals surface area (Å²) in [6.45, 7) is 5.30. The number of piperidine rings is 1. The lowest BCUT2D eigenvalue weighted by Gasteiger charge is -2.37. The van der Waals surface area contributed by atoms with E-state index in [0.717, 1.165) is 24.8 Å². The Morgan fingerprint density at radius 2 is 2.33 bits per heavy atom. The van der Waals surface area contributed by atoms with Gasteiger partial charge in [-0.2, -0.15) is 0 Å². The molecule has 2 atom stereocenters. The number of likely N-dealkylation sites (tertiary alicyclic amines) is 1. The largest absolute Gasteiger partial charge is 0.497 e. The number of ether oxygens (including phenoxy) is 1. The van der Waals surface area contributed by atoms with E-state index in [0.29, 0.717) is 12.6 Å². The van der Waals surface area contributed by atoms with Gasteiger partial charge < -0.3 is 10.5 Å². The molecule has 1 saturated heterocycles. The third-order valence-electron chi connectivity index (χ3n) is 3.83. The van der Waals surface area contributed by atoms with E-state index in [9.17, 15) is 0 Å². The summed E-state index contributed by atoms with van der Waals surface area (Å²) in [5.41, 5.74) is 7.26. The molecule has 0 bridgehead atoms. The second kappa shape index (κ2) is 6.21. The molecule has 0 radical (unpaired) electrons. The monoisotopic (exact) mass is 248 g/mol. The third kappa shape index (κ3) is 3.03. The molecule has 0 amide bonds. The summed E-state index contributed by atoms with van der Waals surface area (Å²) >= 11 is 0. The predicted octanol–water partition coefficient (Wildman–Crippen LogP) is 2.43. The molecule has 18 heavy (non-hydrogen) atoms. The Labute approximate surface area is 110 Å². The Balaban J connectivity index is 2.16. The number of hydrogen-bond acceptors (Lipinski definition) is 3. The van der Waals surface area contributed by atoms with Crippen molar-refractivity contribution >= 4 is 0 Å². The first-order chi connectivity index (χ1) is 8.74. The topological polar surface area (TPSA) is 38.5 Å². The molecule has 0 saturated carbocycles. The molecule has 100 valence electrons. The molecule has 1 aromatic carbocycles. The first kappa shape index (κ1) is 13.4. The van der Waals surface area contributed by atoms with Crippen molar-refractivity contribution in [3.63, 3.8) is 0 Å². The fraction of sp³-hybridized carbons (Fsp3) is 0.600. The van der Waals surface area contributed by atoms with Gasteiger partial charge in [-0.25, -0.2) is 0 Å². The minimum Gasteiger partial charge on any atom is -0.497 e. The zero-order valence-electron chi connectivity index (χ0n) is 11.4. The zero-order valence-corrected chi connectivity index (χ0v) is 11.4. The van der Waals surface area contributed by atoms with E-state index in [4.69, 9.17) is 10.5 Å². The van der Waals surface area contributed by atoms with E-state index < -0.39 is 0 Å². The lowest BCUT2D eigenvalue weighted by Crippen LogP contribution is -2.40. The van der Waals surface area contributed by atoms with Crippen LogP contribution < -0.4 is 10.5 Å². The van der Waals surface area contributed by atoms with Crippen LogP contribution in [0.4, 0.5) is 0 Å². The fourth-order valence-corrected chi connectivity index (χ4v) is 2.85. The van der Waals surface area contributed by atoms with Crippen molar-refractivity contribution in [2.45, 2.75) is 25.8 Å². The van der Waals surface area contributed by atoms with Crippen LogP contribution in [0.2, 0.25) is 0 Å². The highest BCUT2D eigenvalue weighted by Crippen LogP contribution is 2.27. The minimum atomic E-state index is 0.322. The number of methoxy groups -OCH3 is 1. The molecule has 0 unspecified atom stereocenters. The summed E-state index contributed by atoms with van der Waals surface area (Å²) in [6.07, 6.45) is 2.62. The van der Waals surface area contributed by atoms with Crippen LogP contribution in [0, 0.1) is 5.92 Å². The maximum Gasteiger partial charge on any atom is 0.119 e. The van der Waals surface area contributed by atoms with Gasteiger partial charge >= 0.3 is 0 Å². The molecule has 1 aliphatic heterocycles. The van der Waals surface area contributed by atoms with Crippen LogP contribution in [0.25, 0.3) is 0 Å². The summed E-state index contributed by atoms with van der Waals surface area (Å²) in [5.74, 6) is 1.69. The van der Waals surface area contributed by atoms with Crippen molar-refractivity contribution in [2.24, 2.45) is 11.7 Å². The number of benzene rings is 1. The van der Waals surface area contributed by atoms with E-state index in [-0.39, 0.29) is 0 Å². The van der Waals surface area contributed by atoms with Gasteiger partial charge in [0.2, 0.25) is 0 Å². The van der Waals surface area contributed by atoms with Crippen LogP contribution in [-0.2, 0) is 0 Å². The van der Waals surface area contributed by atoms with Crippen LogP contribution in [0.5, 0.6) is 5.75 Å². The molecule has 2 N–H and O–H groups in total. The lowest BCUT2D eigenvalue weighted by atomic mass is 9.96. The molecule has 1 aromatic rings. The van der Waals surface area contributed by atoms with E-state index in [2.05, 4.69) is 24.0 Å². The van der Waals surface area contributed by atoms with Gasteiger partial charge in [-0.3, -0.25) is 4.90 Å². The lowest BCUT2D eigenvalue weighted by molar-refractivity contribution is 0.133. The van der Waals surface area contributed by atoms with Gasteiger partial charge in [0, 0.05) is 19.1 Å². The molecule has 1 aliphatic rings. The molecule has 0 spiro atoms. The number of nitrogens with zero attached hydrogens (tertiary/aromatic N) is 1. The van der Waals surface area contributed by atoms with E-state index in [1.807, 2.05) is 12.1 Å². The van der Waals surface area contributed by atoms with Gasteiger partial charge in [0.15, 0.2) is 0 Å². The van der Waals surface area contributed by atoms with E-state index in [1.54, 1.807) is 7.11 Å². The quantitative estimate of drug-likeness (QED) is 0.889. The molecule has 1 heterocycles. The second-order valence-electron chi connectivity index (χ2n) is 5.27. The zero-order chi connectivity index (χ0) is 13.0. The molecular formula is C15H24N2O. The Bertz CT molecular complexity index is 381. The Morgan fingerprint density at radius 3 is 3.00 bits per heavy atom. The first-order valence-electron chi connectivity index (χ1n) is 6.82. The van der Waals surface area contributed by atoms with Gasteiger partial charge in [0.25, 0.3) is 0 Å². The van der Waals surface area contributed by atoms with E-state index in [1.165, 1.54) is 18.4 Å². The van der Waals surface area contributed by atoms with Crippen molar-refractivity contribution < 1.29 is 4.74 Å². The molecule has 2 rings (SSSR count). The molecule has 3 heteroatoms. The highest BCUT2D eigenvalue weighted by molar-refractivity contribution is 5.30. The van der Waals surface area contributed by atoms with Gasteiger partial charge in [0.1, 0.15) is 5.75 Å². The normalized spacial score (nSPS) is 22.7. The molecular weight excluding hydrogens is 224 g/mol. The van der Waals surface area contributed by atoms with Crippen molar-refractivity contribution in [3.8, 4) is 5.75 Å². The maximum atomic E-state index is 5.99. The van der Waals surface area contributed by atoms with Crippen LogP contribution in [0.15, 0.2) is 24.3 Å². The van der Waals surface area contributed by atoms with Gasteiger partial charge in [0.05, 0.1) is 7.11 Å². The van der Waals surface area contributed by atoms with Crippen LogP contribution in [0.1, 0.15) is 31.4 Å². The number of hydrogen-bond donors (Lipinski definition) is 1. The van der Waals surface area contributed by atoms with Gasteiger partial charge in [-0.15, -0.1) is 0 Å². The van der Waals surface area contributed by atoms with Gasteiger partial charge in [-0.1, -0.05) is 19.1 Å². The standard InChI is InChI=1S/C15H24N2O/c1-12-5-4-8-17(11-12)15(10-16)13-6-3-7-14(9-13)18-2/h3,6-7,9,12,15H,4-5,8,10-11,16H2,1-2H3/t12-,15-/m1/s1. The molecule has 1 fully saturated rings. The second-order valence-corrected chi connectivity index (χ2v) is 5.27. The average Bonchev–Trinajstić information content (AvgIpc) is 2.40. The van der Waals surface area contributed by atoms with E-state index >= 15 is 0 Å². The molecule has 3 nitrogen and oxygen atoms in total. The first-order valence-corrected chi connectivity index (χ1v) is 6.82. The predicted molar refractivity (Wildman–Crippen MR) is 74.8 cm³/mol. The summed E-state index contributed by atoms with van der Waals surface area (Å²) in [5, 5.41) is 0. The van der Waals surface area contributed by atoms with Crippen LogP contribution in [0.3, 0.4) is 0 Å². The Kier molecular flexibility index (Phi) is 4.61. The SMILES string of the molecule is COc1cccc([C@@H](CN)N2CCC[C@@H](C)C2)c1. The average molecular weight is 248 g/mol. The summed E-state index contributed by atoms with van der Waals surface area (Å²) in [6, 6.07) is 8.61. The minimum absolute atomic E-state index is 0.322. The number of nitrogens with two attached hydrogens (primary N) is 1. The van der Waals surface area contributed by atoms with Gasteiger partial charge in [-0.05, 0) is 43.0 Å². The van der Waals surface area contributed by atoms with Crippen LogP contribution in [-0.4, -0.2) is 31.6 Å². The van der Waals surface area contributed by atoms with Crippen LogP contribution >= 0.6 is 0 Å². The smallest absolute Gasteiger partial charge is 0.119 e. The Hall–Kier alpha value is -1.06. The third-order valence-corrected chi connectivity index (χ3v) is 3.83. The highest BCUT2D eigenvalue weighted by Gasteiger charge is 2.24. The highest BCUT2D eigenvalue weighted by atomic mass is 16.5. The molecule has 0 aliphatic carbocycles. The van der Waals surface area contributed by atoms with Crippen molar-refractivity contribution in [1.82, 2.24) is 4.90 Å². The maximum absolute atomic E-state index is 5.99. The van der Waals surface area contributed by atoms with Crippen molar-refractivity contribution in [1.29, 1.82) is 0 Å². The summed E-state index contributed by atoms with van der Waals surface area (Å²) in [4.78, 5) is 2.52. The summed E-state index contributed by atoms with van der Waals surface area (Å²) < 4.78 is 5.30.